The number of fused-ring (bicyclic) bond motifs is 1. The van der Waals surface area contributed by atoms with Crippen LogP contribution in [0.1, 0.15) is 23.7 Å². The van der Waals surface area contributed by atoms with Gasteiger partial charge in [-0.2, -0.15) is 0 Å². The van der Waals surface area contributed by atoms with Crippen LogP contribution in [0.3, 0.4) is 0 Å². The number of aromatic nitrogens is 3. The minimum absolute atomic E-state index is 0.364. The number of nitrogens with zero attached hydrogens (tertiary/aromatic N) is 3. The predicted molar refractivity (Wildman–Crippen MR) is 59.1 cm³/mol. The lowest BCUT2D eigenvalue weighted by atomic mass is 10.1. The second-order valence-corrected chi connectivity index (χ2v) is 4.09. The van der Waals surface area contributed by atoms with Crippen molar-refractivity contribution in [3.63, 3.8) is 0 Å². The van der Waals surface area contributed by atoms with Crippen molar-refractivity contribution in [2.24, 2.45) is 5.73 Å². The van der Waals surface area contributed by atoms with Gasteiger partial charge in [0.1, 0.15) is 5.82 Å². The molecule has 1 unspecified atom stereocenters. The molecule has 3 rings (SSSR count). The average molecular weight is 218 g/mol. The summed E-state index contributed by atoms with van der Waals surface area (Å²) in [5, 5.41) is 8.40. The number of hydrogen-bond donors (Lipinski definition) is 1. The van der Waals surface area contributed by atoms with Crippen LogP contribution in [0.2, 0.25) is 0 Å². The van der Waals surface area contributed by atoms with Crippen LogP contribution in [0.25, 0.3) is 5.65 Å². The number of rotatable bonds is 2. The molecular weight excluding hydrogens is 204 g/mol. The Hall–Kier alpha value is -1.46. The Balaban J connectivity index is 2.09. The van der Waals surface area contributed by atoms with E-state index in [0.29, 0.717) is 12.5 Å². The highest BCUT2D eigenvalue weighted by atomic mass is 16.5. The molecule has 16 heavy (non-hydrogen) atoms. The van der Waals surface area contributed by atoms with E-state index in [1.54, 1.807) is 0 Å². The minimum Gasteiger partial charge on any atom is -0.381 e. The van der Waals surface area contributed by atoms with Crippen molar-refractivity contribution in [2.45, 2.75) is 18.9 Å². The first-order valence-electron chi connectivity index (χ1n) is 5.50. The molecule has 1 atom stereocenters. The maximum absolute atomic E-state index is 5.63. The molecule has 1 fully saturated rings. The van der Waals surface area contributed by atoms with E-state index >= 15 is 0 Å². The Labute approximate surface area is 93.2 Å². The van der Waals surface area contributed by atoms with Gasteiger partial charge < -0.3 is 10.5 Å². The van der Waals surface area contributed by atoms with Gasteiger partial charge in [0, 0.05) is 25.3 Å². The third-order valence-corrected chi connectivity index (χ3v) is 3.02. The molecule has 1 saturated heterocycles. The molecule has 0 bridgehead atoms. The highest BCUT2D eigenvalue weighted by molar-refractivity contribution is 5.40. The Morgan fingerprint density at radius 2 is 2.38 bits per heavy atom. The van der Waals surface area contributed by atoms with Crippen molar-refractivity contribution in [3.8, 4) is 0 Å². The van der Waals surface area contributed by atoms with Crippen LogP contribution in [0.4, 0.5) is 0 Å². The zero-order valence-corrected chi connectivity index (χ0v) is 8.97. The van der Waals surface area contributed by atoms with E-state index in [-0.39, 0.29) is 0 Å². The predicted octanol–water partition coefficient (Wildman–Crippen LogP) is 0.692. The van der Waals surface area contributed by atoms with Gasteiger partial charge >= 0.3 is 0 Å². The fourth-order valence-electron chi connectivity index (χ4n) is 2.09. The highest BCUT2D eigenvalue weighted by Gasteiger charge is 2.22. The van der Waals surface area contributed by atoms with Crippen molar-refractivity contribution in [1.29, 1.82) is 0 Å². The smallest absolute Gasteiger partial charge is 0.160 e. The summed E-state index contributed by atoms with van der Waals surface area (Å²) in [6.07, 6.45) is 3.04. The molecule has 0 aliphatic carbocycles. The van der Waals surface area contributed by atoms with Crippen LogP contribution in [-0.2, 0) is 11.3 Å². The monoisotopic (exact) mass is 218 g/mol. The van der Waals surface area contributed by atoms with Gasteiger partial charge in [0.2, 0.25) is 0 Å². The van der Waals surface area contributed by atoms with Gasteiger partial charge in [0.25, 0.3) is 0 Å². The van der Waals surface area contributed by atoms with Gasteiger partial charge in [-0.15, -0.1) is 10.2 Å². The van der Waals surface area contributed by atoms with Crippen LogP contribution >= 0.6 is 0 Å². The summed E-state index contributed by atoms with van der Waals surface area (Å²) in [6.45, 7) is 2.10. The summed E-state index contributed by atoms with van der Waals surface area (Å²) in [4.78, 5) is 0. The zero-order valence-electron chi connectivity index (χ0n) is 8.97. The highest BCUT2D eigenvalue weighted by Crippen LogP contribution is 2.24. The minimum atomic E-state index is 0.364. The van der Waals surface area contributed by atoms with Crippen LogP contribution in [0.5, 0.6) is 0 Å². The van der Waals surface area contributed by atoms with Crippen LogP contribution in [0, 0.1) is 0 Å². The van der Waals surface area contributed by atoms with Crippen LogP contribution in [0.15, 0.2) is 18.3 Å². The summed E-state index contributed by atoms with van der Waals surface area (Å²) >= 11 is 0. The number of nitrogens with two attached hydrogens (primary N) is 1. The third kappa shape index (κ3) is 1.48. The van der Waals surface area contributed by atoms with Crippen molar-refractivity contribution < 1.29 is 4.74 Å². The third-order valence-electron chi connectivity index (χ3n) is 3.02. The molecule has 2 N–H and O–H groups in total. The summed E-state index contributed by atoms with van der Waals surface area (Å²) in [5.74, 6) is 1.35. The van der Waals surface area contributed by atoms with E-state index in [1.165, 1.54) is 0 Å². The van der Waals surface area contributed by atoms with Crippen molar-refractivity contribution in [3.05, 3.63) is 29.7 Å². The molecule has 0 spiro atoms. The molecular formula is C11H14N4O. The Bertz CT molecular complexity index is 502. The second kappa shape index (κ2) is 3.84. The lowest BCUT2D eigenvalue weighted by Crippen LogP contribution is -2.05. The van der Waals surface area contributed by atoms with E-state index in [1.807, 2.05) is 22.7 Å². The van der Waals surface area contributed by atoms with E-state index in [0.717, 1.165) is 36.7 Å². The van der Waals surface area contributed by atoms with Crippen LogP contribution < -0.4 is 5.73 Å². The van der Waals surface area contributed by atoms with E-state index in [4.69, 9.17) is 10.5 Å². The molecule has 0 amide bonds. The summed E-state index contributed by atoms with van der Waals surface area (Å²) < 4.78 is 7.41. The van der Waals surface area contributed by atoms with Crippen molar-refractivity contribution >= 4 is 5.65 Å². The molecule has 5 heteroatoms. The molecule has 84 valence electrons. The number of ether oxygens (including phenoxy) is 1. The molecule has 5 nitrogen and oxygen atoms in total. The fraction of sp³-hybridized carbons (Fsp3) is 0.455. The molecule has 2 aromatic heterocycles. The summed E-state index contributed by atoms with van der Waals surface area (Å²) in [5.41, 5.74) is 7.60. The Kier molecular flexibility index (Phi) is 2.34. The first-order valence-corrected chi connectivity index (χ1v) is 5.50. The molecule has 1 aliphatic rings. The normalized spacial score (nSPS) is 20.7. The summed E-state index contributed by atoms with van der Waals surface area (Å²) in [6, 6.07) is 3.94. The van der Waals surface area contributed by atoms with Gasteiger partial charge in [-0.3, -0.25) is 4.40 Å². The van der Waals surface area contributed by atoms with E-state index in [9.17, 15) is 0 Å². The molecule has 3 heterocycles. The lowest BCUT2D eigenvalue weighted by Gasteiger charge is -2.06. The average Bonchev–Trinajstić information content (AvgIpc) is 2.96. The number of hydrogen-bond acceptors (Lipinski definition) is 4. The van der Waals surface area contributed by atoms with Crippen LogP contribution in [-0.4, -0.2) is 27.8 Å². The van der Waals surface area contributed by atoms with Crippen molar-refractivity contribution in [2.75, 3.05) is 13.2 Å². The molecule has 2 aromatic rings. The molecule has 0 radical (unpaired) electrons. The number of pyridine rings is 1. The maximum Gasteiger partial charge on any atom is 0.160 e. The summed E-state index contributed by atoms with van der Waals surface area (Å²) in [7, 11) is 0. The van der Waals surface area contributed by atoms with Gasteiger partial charge in [0.05, 0.1) is 6.61 Å². The molecule has 0 aromatic carbocycles. The second-order valence-electron chi connectivity index (χ2n) is 4.09. The fourth-order valence-corrected chi connectivity index (χ4v) is 2.09. The Morgan fingerprint density at radius 1 is 1.44 bits per heavy atom. The SMILES string of the molecule is NCc1ccc2nnc(C3CCOC3)n2c1. The van der Waals surface area contributed by atoms with Gasteiger partial charge in [-0.1, -0.05) is 6.07 Å². The van der Waals surface area contributed by atoms with Gasteiger partial charge in [-0.05, 0) is 18.1 Å². The first-order chi connectivity index (χ1) is 7.88. The van der Waals surface area contributed by atoms with E-state index < -0.39 is 0 Å². The Morgan fingerprint density at radius 3 is 3.12 bits per heavy atom. The quantitative estimate of drug-likeness (QED) is 0.805. The standard InChI is InChI=1S/C11H14N4O/c12-5-8-1-2-10-13-14-11(15(10)6-8)9-3-4-16-7-9/h1-2,6,9H,3-5,7,12H2. The molecule has 0 saturated carbocycles. The molecule has 1 aliphatic heterocycles. The van der Waals surface area contributed by atoms with Crippen molar-refractivity contribution in [1.82, 2.24) is 14.6 Å². The maximum atomic E-state index is 5.63. The largest absolute Gasteiger partial charge is 0.381 e. The first kappa shape index (κ1) is 9.74. The topological polar surface area (TPSA) is 65.4 Å². The van der Waals surface area contributed by atoms with Gasteiger partial charge in [0.15, 0.2) is 5.65 Å². The van der Waals surface area contributed by atoms with Gasteiger partial charge in [-0.25, -0.2) is 0 Å². The zero-order chi connectivity index (χ0) is 11.0. The lowest BCUT2D eigenvalue weighted by molar-refractivity contribution is 0.193. The van der Waals surface area contributed by atoms with E-state index in [2.05, 4.69) is 10.2 Å².